The lowest BCUT2D eigenvalue weighted by Gasteiger charge is -2.19. The summed E-state index contributed by atoms with van der Waals surface area (Å²) < 4.78 is 22.1. The Kier molecular flexibility index (Phi) is 7.11. The number of carboxylic acids is 1. The van der Waals surface area contributed by atoms with Gasteiger partial charge in [-0.2, -0.15) is 0 Å². The number of rotatable bonds is 3. The number of carbonyl (C=O) groups is 2. The minimum absolute atomic E-state index is 0.0391. The first-order valence-corrected chi connectivity index (χ1v) is 9.29. The highest BCUT2D eigenvalue weighted by Gasteiger charge is 2.22. The molecule has 2 atom stereocenters. The quantitative estimate of drug-likeness (QED) is 0.672. The lowest BCUT2D eigenvalue weighted by Crippen LogP contribution is -2.40. The van der Waals surface area contributed by atoms with Crippen LogP contribution in [0.3, 0.4) is 0 Å². The molecule has 130 valence electrons. The zero-order chi connectivity index (χ0) is 17.6. The van der Waals surface area contributed by atoms with Crippen LogP contribution in [0, 0.1) is 0 Å². The second kappa shape index (κ2) is 8.37. The summed E-state index contributed by atoms with van der Waals surface area (Å²) in [5.74, 6) is -0.940. The van der Waals surface area contributed by atoms with Crippen LogP contribution in [0.4, 0.5) is 0 Å². The van der Waals surface area contributed by atoms with Gasteiger partial charge in [0.2, 0.25) is 0 Å². The number of sulfone groups is 1. The molecule has 7 nitrogen and oxygen atoms in total. The first-order valence-electron chi connectivity index (χ1n) is 7.40. The van der Waals surface area contributed by atoms with Crippen molar-refractivity contribution in [1.29, 1.82) is 0 Å². The highest BCUT2D eigenvalue weighted by molar-refractivity contribution is 7.94. The smallest absolute Gasteiger partial charge is 0.321 e. The zero-order valence-electron chi connectivity index (χ0n) is 13.6. The van der Waals surface area contributed by atoms with Crippen LogP contribution >= 0.6 is 0 Å². The van der Waals surface area contributed by atoms with Crippen LogP contribution in [0.15, 0.2) is 22.6 Å². The van der Waals surface area contributed by atoms with Gasteiger partial charge in [-0.3, -0.25) is 9.59 Å². The third kappa shape index (κ3) is 6.64. The van der Waals surface area contributed by atoms with Crippen molar-refractivity contribution in [3.63, 3.8) is 0 Å². The van der Waals surface area contributed by atoms with E-state index >= 15 is 0 Å². The molecule has 0 aromatic carbocycles. The van der Waals surface area contributed by atoms with Gasteiger partial charge in [0.05, 0.1) is 0 Å². The maximum atomic E-state index is 11.0. The van der Waals surface area contributed by atoms with Crippen LogP contribution in [0.2, 0.25) is 0 Å². The fourth-order valence-corrected chi connectivity index (χ4v) is 3.23. The van der Waals surface area contributed by atoms with Gasteiger partial charge in [0.1, 0.15) is 6.04 Å². The minimum atomic E-state index is -2.94. The van der Waals surface area contributed by atoms with Crippen LogP contribution < -0.4 is 10.6 Å². The Morgan fingerprint density at radius 3 is 2.22 bits per heavy atom. The van der Waals surface area contributed by atoms with Crippen molar-refractivity contribution < 1.29 is 23.1 Å². The van der Waals surface area contributed by atoms with Crippen LogP contribution in [-0.4, -0.2) is 56.7 Å². The topological polar surface area (TPSA) is 113 Å². The second-order valence-corrected chi connectivity index (χ2v) is 7.81. The van der Waals surface area contributed by atoms with Crippen LogP contribution in [0.5, 0.6) is 0 Å². The molecule has 0 saturated heterocycles. The summed E-state index contributed by atoms with van der Waals surface area (Å²) in [4.78, 5) is 22.0. The number of ketones is 1. The van der Waals surface area contributed by atoms with E-state index in [1.807, 2.05) is 6.92 Å². The fraction of sp³-hybridized carbons (Fsp3) is 0.600. The Labute approximate surface area is 136 Å². The molecule has 2 unspecified atom stereocenters. The summed E-state index contributed by atoms with van der Waals surface area (Å²) in [5.41, 5.74) is 0.612. The molecule has 0 radical (unpaired) electrons. The molecule has 2 aliphatic rings. The number of carboxylic acid groups (broad SMARTS) is 1. The van der Waals surface area contributed by atoms with E-state index in [1.165, 1.54) is 13.2 Å². The highest BCUT2D eigenvalue weighted by atomic mass is 32.2. The average Bonchev–Trinajstić information content (AvgIpc) is 2.47. The van der Waals surface area contributed by atoms with E-state index in [9.17, 15) is 18.0 Å². The maximum Gasteiger partial charge on any atom is 0.321 e. The molecule has 0 saturated carbocycles. The van der Waals surface area contributed by atoms with E-state index in [1.54, 1.807) is 12.2 Å². The van der Waals surface area contributed by atoms with Crippen molar-refractivity contribution >= 4 is 21.6 Å². The molecule has 0 aliphatic carbocycles. The van der Waals surface area contributed by atoms with Gasteiger partial charge in [0, 0.05) is 36.7 Å². The van der Waals surface area contributed by atoms with E-state index in [4.69, 9.17) is 5.11 Å². The molecular formula is C15H24N2O5S. The number of aliphatic carboxylic acids is 1. The number of Topliss-reactive ketones (excluding diaryl/α,β-unsaturated/α-hetero) is 1. The lowest BCUT2D eigenvalue weighted by atomic mass is 9.99. The van der Waals surface area contributed by atoms with Gasteiger partial charge >= 0.3 is 5.97 Å². The Bertz CT molecular complexity index is 622. The molecule has 0 aromatic heterocycles. The first kappa shape index (κ1) is 19.5. The number of hydrogen-bond acceptors (Lipinski definition) is 6. The summed E-state index contributed by atoms with van der Waals surface area (Å²) in [6.45, 7) is 4.57. The maximum absolute atomic E-state index is 11.0. The molecule has 0 aromatic rings. The van der Waals surface area contributed by atoms with Gasteiger partial charge in [-0.15, -0.1) is 0 Å². The van der Waals surface area contributed by atoms with Crippen molar-refractivity contribution in [2.75, 3.05) is 19.3 Å². The summed E-state index contributed by atoms with van der Waals surface area (Å²) in [6, 6.07) is -0.321. The molecule has 2 heterocycles. The highest BCUT2D eigenvalue weighted by Crippen LogP contribution is 2.15. The van der Waals surface area contributed by atoms with Gasteiger partial charge in [0.15, 0.2) is 15.6 Å². The largest absolute Gasteiger partial charge is 0.480 e. The Morgan fingerprint density at radius 2 is 1.78 bits per heavy atom. The normalized spacial score (nSPS) is 24.7. The van der Waals surface area contributed by atoms with E-state index in [0.29, 0.717) is 36.4 Å². The average molecular weight is 344 g/mol. The van der Waals surface area contributed by atoms with E-state index in [-0.39, 0.29) is 11.8 Å². The van der Waals surface area contributed by atoms with Crippen LogP contribution in [0.1, 0.15) is 26.7 Å². The van der Waals surface area contributed by atoms with Crippen molar-refractivity contribution in [3.8, 4) is 0 Å². The summed E-state index contributed by atoms with van der Waals surface area (Å²) in [7, 11) is -2.94. The predicted molar refractivity (Wildman–Crippen MR) is 87.8 cm³/mol. The summed E-state index contributed by atoms with van der Waals surface area (Å²) >= 11 is 0. The monoisotopic (exact) mass is 344 g/mol. The SMILES string of the molecule is CC(=O)C1=CCNC(C(=O)O)C1.CC1CC(S(C)(=O)=O)=CCN1. The molecule has 3 N–H and O–H groups in total. The van der Waals surface area contributed by atoms with Crippen molar-refractivity contribution in [3.05, 3.63) is 22.6 Å². The van der Waals surface area contributed by atoms with Gasteiger partial charge in [-0.05, 0) is 25.8 Å². The van der Waals surface area contributed by atoms with Gasteiger partial charge < -0.3 is 15.7 Å². The fourth-order valence-electron chi connectivity index (χ4n) is 2.30. The standard InChI is InChI=1S/C8H11NO3.C7H13NO2S/c1-5(10)6-2-3-9-7(4-6)8(11)12;1-6-5-7(3-4-8-6)11(2,9)10/h2,7,9H,3-4H2,1H3,(H,11,12);3,6,8H,4-5H2,1-2H3. The van der Waals surface area contributed by atoms with E-state index in [2.05, 4.69) is 10.6 Å². The Hall–Kier alpha value is -1.51. The Morgan fingerprint density at radius 1 is 1.17 bits per heavy atom. The molecule has 8 heteroatoms. The molecule has 0 spiro atoms. The summed E-state index contributed by atoms with van der Waals surface area (Å²) in [5, 5.41) is 14.6. The van der Waals surface area contributed by atoms with Gasteiger partial charge in [0.25, 0.3) is 0 Å². The molecular weight excluding hydrogens is 320 g/mol. The van der Waals surface area contributed by atoms with Crippen molar-refractivity contribution in [2.45, 2.75) is 38.8 Å². The molecule has 2 rings (SSSR count). The molecule has 0 bridgehead atoms. The second-order valence-electron chi connectivity index (χ2n) is 5.74. The third-order valence-electron chi connectivity index (χ3n) is 3.67. The molecule has 23 heavy (non-hydrogen) atoms. The first-order chi connectivity index (χ1) is 10.6. The number of carbonyl (C=O) groups excluding carboxylic acids is 1. The van der Waals surface area contributed by atoms with Gasteiger partial charge in [-0.25, -0.2) is 8.42 Å². The Balaban J connectivity index is 0.000000231. The van der Waals surface area contributed by atoms with Gasteiger partial charge in [-0.1, -0.05) is 12.2 Å². The van der Waals surface area contributed by atoms with Crippen molar-refractivity contribution in [2.24, 2.45) is 0 Å². The molecule has 2 aliphatic heterocycles. The zero-order valence-corrected chi connectivity index (χ0v) is 14.4. The predicted octanol–water partition coefficient (Wildman–Crippen LogP) is 0.245. The number of hydrogen-bond donors (Lipinski definition) is 3. The molecule has 0 fully saturated rings. The third-order valence-corrected chi connectivity index (χ3v) is 4.95. The van der Waals surface area contributed by atoms with Crippen molar-refractivity contribution in [1.82, 2.24) is 10.6 Å². The van der Waals surface area contributed by atoms with E-state index in [0.717, 1.165) is 0 Å². The van der Waals surface area contributed by atoms with E-state index < -0.39 is 21.8 Å². The molecule has 0 amide bonds. The minimum Gasteiger partial charge on any atom is -0.480 e. The van der Waals surface area contributed by atoms with Crippen LogP contribution in [0.25, 0.3) is 0 Å². The lowest BCUT2D eigenvalue weighted by molar-refractivity contribution is -0.139. The van der Waals surface area contributed by atoms with Crippen LogP contribution in [-0.2, 0) is 19.4 Å². The number of nitrogens with one attached hydrogen (secondary N) is 2. The summed E-state index contributed by atoms with van der Waals surface area (Å²) in [6.07, 6.45) is 5.66.